The molecule has 1 heterocycles. The normalized spacial score (nSPS) is 10.3. The molecule has 4 heteroatoms. The van der Waals surface area contributed by atoms with Crippen molar-refractivity contribution in [3.05, 3.63) is 36.5 Å². The van der Waals surface area contributed by atoms with Crippen LogP contribution in [-0.4, -0.2) is 22.3 Å². The maximum atomic E-state index is 4.48. The van der Waals surface area contributed by atoms with Gasteiger partial charge in [0.2, 0.25) is 0 Å². The number of nitrogens with one attached hydrogen (secondary N) is 1. The van der Waals surface area contributed by atoms with Crippen molar-refractivity contribution in [1.29, 1.82) is 0 Å². The van der Waals surface area contributed by atoms with Crippen molar-refractivity contribution in [3.63, 3.8) is 0 Å². The monoisotopic (exact) mass is 259 g/mol. The largest absolute Gasteiger partial charge is 0.370 e. The molecule has 2 rings (SSSR count). The number of hydrogen-bond donors (Lipinski definition) is 1. The summed E-state index contributed by atoms with van der Waals surface area (Å²) >= 11 is 1.84. The van der Waals surface area contributed by atoms with Crippen molar-refractivity contribution >= 4 is 17.6 Å². The first-order valence-electron chi connectivity index (χ1n) is 6.13. The van der Waals surface area contributed by atoms with E-state index in [1.807, 2.05) is 17.8 Å². The molecule has 0 spiro atoms. The molecule has 0 radical (unpaired) electrons. The van der Waals surface area contributed by atoms with E-state index in [0.29, 0.717) is 0 Å². The standard InChI is InChI=1S/C14H17N3S/c1-3-15-13-9-10-16-14(17-13)11-5-7-12(8-6-11)18-4-2/h5-10H,3-4H2,1-2H3,(H,15,16,17). The molecule has 3 nitrogen and oxygen atoms in total. The van der Waals surface area contributed by atoms with Gasteiger partial charge in [0.25, 0.3) is 0 Å². The molecule has 2 aromatic rings. The highest BCUT2D eigenvalue weighted by molar-refractivity contribution is 7.99. The van der Waals surface area contributed by atoms with E-state index in [0.717, 1.165) is 29.5 Å². The van der Waals surface area contributed by atoms with E-state index in [4.69, 9.17) is 0 Å². The number of nitrogens with zero attached hydrogens (tertiary/aromatic N) is 2. The third-order valence-corrected chi connectivity index (χ3v) is 3.33. The first kappa shape index (κ1) is 12.9. The van der Waals surface area contributed by atoms with E-state index in [-0.39, 0.29) is 0 Å². The Kier molecular flexibility index (Phi) is 4.59. The fraction of sp³-hybridized carbons (Fsp3) is 0.286. The lowest BCUT2D eigenvalue weighted by molar-refractivity contribution is 1.12. The fourth-order valence-corrected chi connectivity index (χ4v) is 2.31. The minimum atomic E-state index is 0.765. The number of thioether (sulfide) groups is 1. The first-order valence-corrected chi connectivity index (χ1v) is 7.12. The van der Waals surface area contributed by atoms with Crippen LogP contribution in [0.2, 0.25) is 0 Å². The third kappa shape index (κ3) is 3.23. The number of rotatable bonds is 5. The predicted octanol–water partition coefficient (Wildman–Crippen LogP) is 3.69. The molecule has 18 heavy (non-hydrogen) atoms. The molecule has 0 aliphatic carbocycles. The van der Waals surface area contributed by atoms with Gasteiger partial charge in [-0.3, -0.25) is 0 Å². The van der Waals surface area contributed by atoms with Gasteiger partial charge in [-0.25, -0.2) is 9.97 Å². The van der Waals surface area contributed by atoms with Crippen molar-refractivity contribution in [1.82, 2.24) is 9.97 Å². The molecule has 0 amide bonds. The van der Waals surface area contributed by atoms with Crippen molar-refractivity contribution in [2.75, 3.05) is 17.6 Å². The van der Waals surface area contributed by atoms with Gasteiger partial charge in [-0.15, -0.1) is 11.8 Å². The number of benzene rings is 1. The average molecular weight is 259 g/mol. The van der Waals surface area contributed by atoms with E-state index in [1.165, 1.54) is 4.90 Å². The second kappa shape index (κ2) is 6.40. The number of anilines is 1. The molecule has 0 fully saturated rings. The first-order chi connectivity index (χ1) is 8.83. The van der Waals surface area contributed by atoms with Crippen LogP contribution >= 0.6 is 11.8 Å². The minimum Gasteiger partial charge on any atom is -0.370 e. The van der Waals surface area contributed by atoms with Crippen LogP contribution in [0.5, 0.6) is 0 Å². The molecule has 0 unspecified atom stereocenters. The van der Waals surface area contributed by atoms with Crippen molar-refractivity contribution < 1.29 is 0 Å². The minimum absolute atomic E-state index is 0.765. The van der Waals surface area contributed by atoms with E-state index >= 15 is 0 Å². The zero-order valence-corrected chi connectivity index (χ0v) is 11.5. The number of hydrogen-bond acceptors (Lipinski definition) is 4. The molecule has 0 aliphatic rings. The summed E-state index contributed by atoms with van der Waals surface area (Å²) in [6, 6.07) is 10.3. The van der Waals surface area contributed by atoms with Crippen LogP contribution in [0.15, 0.2) is 41.4 Å². The average Bonchev–Trinajstić information content (AvgIpc) is 2.41. The molecule has 0 bridgehead atoms. The van der Waals surface area contributed by atoms with Gasteiger partial charge in [0.05, 0.1) is 0 Å². The summed E-state index contributed by atoms with van der Waals surface area (Å²) in [4.78, 5) is 10.1. The molecule has 1 aromatic carbocycles. The van der Waals surface area contributed by atoms with Gasteiger partial charge in [-0.2, -0.15) is 0 Å². The Morgan fingerprint density at radius 1 is 1.11 bits per heavy atom. The zero-order chi connectivity index (χ0) is 12.8. The summed E-state index contributed by atoms with van der Waals surface area (Å²) in [7, 11) is 0. The molecule has 0 atom stereocenters. The highest BCUT2D eigenvalue weighted by Gasteiger charge is 2.02. The molecular formula is C14H17N3S. The topological polar surface area (TPSA) is 37.8 Å². The molecule has 0 saturated carbocycles. The van der Waals surface area contributed by atoms with E-state index in [2.05, 4.69) is 53.4 Å². The van der Waals surface area contributed by atoms with Gasteiger partial charge in [-0.05, 0) is 30.9 Å². The molecule has 1 aromatic heterocycles. The highest BCUT2D eigenvalue weighted by atomic mass is 32.2. The quantitative estimate of drug-likeness (QED) is 0.831. The second-order valence-corrected chi connectivity index (χ2v) is 5.09. The second-order valence-electron chi connectivity index (χ2n) is 3.75. The van der Waals surface area contributed by atoms with Crippen molar-refractivity contribution in [2.24, 2.45) is 0 Å². The molecular weight excluding hydrogens is 242 g/mol. The van der Waals surface area contributed by atoms with Crippen LogP contribution in [0.25, 0.3) is 11.4 Å². The third-order valence-electron chi connectivity index (χ3n) is 2.44. The van der Waals surface area contributed by atoms with Crippen LogP contribution in [-0.2, 0) is 0 Å². The Morgan fingerprint density at radius 2 is 1.89 bits per heavy atom. The van der Waals surface area contributed by atoms with Crippen LogP contribution in [0.1, 0.15) is 13.8 Å². The van der Waals surface area contributed by atoms with Gasteiger partial charge in [0, 0.05) is 23.2 Å². The fourth-order valence-electron chi connectivity index (χ4n) is 1.64. The Morgan fingerprint density at radius 3 is 2.56 bits per heavy atom. The van der Waals surface area contributed by atoms with E-state index in [1.54, 1.807) is 6.20 Å². The zero-order valence-electron chi connectivity index (χ0n) is 10.7. The summed E-state index contributed by atoms with van der Waals surface area (Å²) < 4.78 is 0. The van der Waals surface area contributed by atoms with Crippen LogP contribution in [0.3, 0.4) is 0 Å². The molecule has 0 aliphatic heterocycles. The number of aromatic nitrogens is 2. The van der Waals surface area contributed by atoms with Gasteiger partial charge >= 0.3 is 0 Å². The van der Waals surface area contributed by atoms with Gasteiger partial charge in [-0.1, -0.05) is 19.1 Å². The SMILES string of the molecule is CCNc1ccnc(-c2ccc(SCC)cc2)n1. The lowest BCUT2D eigenvalue weighted by Crippen LogP contribution is -2.00. The van der Waals surface area contributed by atoms with Gasteiger partial charge in [0.1, 0.15) is 5.82 Å². The van der Waals surface area contributed by atoms with E-state index in [9.17, 15) is 0 Å². The van der Waals surface area contributed by atoms with Crippen molar-refractivity contribution in [3.8, 4) is 11.4 Å². The van der Waals surface area contributed by atoms with Crippen LogP contribution in [0, 0.1) is 0 Å². The maximum Gasteiger partial charge on any atom is 0.161 e. The Hall–Kier alpha value is -1.55. The molecule has 94 valence electrons. The molecule has 0 saturated heterocycles. The Labute approximate surface area is 112 Å². The predicted molar refractivity (Wildman–Crippen MR) is 78.0 cm³/mol. The molecule has 1 N–H and O–H groups in total. The summed E-state index contributed by atoms with van der Waals surface area (Å²) in [5, 5.41) is 3.19. The van der Waals surface area contributed by atoms with Gasteiger partial charge in [0.15, 0.2) is 5.82 Å². The smallest absolute Gasteiger partial charge is 0.161 e. The van der Waals surface area contributed by atoms with E-state index < -0.39 is 0 Å². The van der Waals surface area contributed by atoms with Crippen LogP contribution < -0.4 is 5.32 Å². The van der Waals surface area contributed by atoms with Crippen molar-refractivity contribution in [2.45, 2.75) is 18.7 Å². The summed E-state index contributed by atoms with van der Waals surface area (Å²) in [5.41, 5.74) is 1.05. The van der Waals surface area contributed by atoms with Crippen LogP contribution in [0.4, 0.5) is 5.82 Å². The lowest BCUT2D eigenvalue weighted by atomic mass is 10.2. The van der Waals surface area contributed by atoms with Gasteiger partial charge < -0.3 is 5.32 Å². The summed E-state index contributed by atoms with van der Waals surface area (Å²) in [5.74, 6) is 2.72. The summed E-state index contributed by atoms with van der Waals surface area (Å²) in [6.07, 6.45) is 1.79. The Balaban J connectivity index is 2.22. The Bertz CT molecular complexity index is 497. The summed E-state index contributed by atoms with van der Waals surface area (Å²) in [6.45, 7) is 5.07. The lowest BCUT2D eigenvalue weighted by Gasteiger charge is -2.05. The maximum absolute atomic E-state index is 4.48. The highest BCUT2D eigenvalue weighted by Crippen LogP contribution is 2.22.